The molecule has 0 fully saturated rings. The normalized spacial score (nSPS) is 12.3. The highest BCUT2D eigenvalue weighted by atomic mass is 79.9. The number of aromatic nitrogens is 6. The van der Waals surface area contributed by atoms with Crippen LogP contribution >= 0.6 is 15.9 Å². The number of benzene rings is 1. The van der Waals surface area contributed by atoms with E-state index in [1.807, 2.05) is 38.1 Å². The van der Waals surface area contributed by atoms with Crippen LogP contribution in [0, 0.1) is 5.92 Å². The Bertz CT molecular complexity index is 1100. The van der Waals surface area contributed by atoms with Gasteiger partial charge < -0.3 is 14.4 Å². The van der Waals surface area contributed by atoms with Crippen LogP contribution in [0.4, 0.5) is 0 Å². The third-order valence-corrected chi connectivity index (χ3v) is 4.69. The van der Waals surface area contributed by atoms with E-state index in [0.29, 0.717) is 11.6 Å². The third kappa shape index (κ3) is 4.09. The molecule has 1 atom stereocenters. The number of halogens is 1. The Labute approximate surface area is 173 Å². The van der Waals surface area contributed by atoms with Crippen LogP contribution in [0.1, 0.15) is 36.3 Å². The van der Waals surface area contributed by atoms with Gasteiger partial charge in [-0.05, 0) is 18.1 Å². The summed E-state index contributed by atoms with van der Waals surface area (Å²) in [6.07, 6.45) is 1.35. The number of nitrogens with one attached hydrogen (secondary N) is 2. The summed E-state index contributed by atoms with van der Waals surface area (Å²) in [4.78, 5) is 21.0. The van der Waals surface area contributed by atoms with E-state index in [9.17, 15) is 4.79 Å². The van der Waals surface area contributed by atoms with Gasteiger partial charge in [-0.1, -0.05) is 52.2 Å². The number of amides is 1. The molecule has 0 saturated carbocycles. The molecule has 0 bridgehead atoms. The zero-order chi connectivity index (χ0) is 20.4. The Morgan fingerprint density at radius 2 is 1.97 bits per heavy atom. The lowest BCUT2D eigenvalue weighted by atomic mass is 10.0. The SMILES string of the molecule is CC(C)[C@@H](NC(=O)c1cc(-c2ccc(Br)cc2)on1)c1nc(-c2ncn[nH]2)no1. The second-order valence-corrected chi connectivity index (χ2v) is 7.48. The molecule has 0 aliphatic heterocycles. The fourth-order valence-electron chi connectivity index (χ4n) is 2.63. The summed E-state index contributed by atoms with van der Waals surface area (Å²) in [6, 6.07) is 8.57. The molecule has 3 aromatic heterocycles. The molecule has 10 nitrogen and oxygen atoms in total. The van der Waals surface area contributed by atoms with E-state index in [2.05, 4.69) is 51.7 Å². The number of hydrogen-bond donors (Lipinski definition) is 2. The molecular formula is C18H16BrN7O3. The molecule has 3 heterocycles. The molecule has 0 aliphatic carbocycles. The van der Waals surface area contributed by atoms with Crippen molar-refractivity contribution in [2.75, 3.05) is 0 Å². The van der Waals surface area contributed by atoms with Crippen molar-refractivity contribution in [3.05, 3.63) is 52.7 Å². The summed E-state index contributed by atoms with van der Waals surface area (Å²) in [5, 5.41) is 17.1. The van der Waals surface area contributed by atoms with Crippen molar-refractivity contribution in [3.63, 3.8) is 0 Å². The smallest absolute Gasteiger partial charge is 0.274 e. The number of hydrogen-bond acceptors (Lipinski definition) is 8. The standard InChI is InChI=1S/C18H16BrN7O3/c1-9(2)14(18-23-16(26-29-18)15-20-8-21-24-15)22-17(27)12-7-13(28-25-12)10-3-5-11(19)6-4-10/h3-9,14H,1-2H3,(H,22,27)(H,20,21,24)/t14-/m1/s1. The van der Waals surface area contributed by atoms with Gasteiger partial charge in [-0.3, -0.25) is 9.89 Å². The minimum absolute atomic E-state index is 0.0141. The number of carbonyl (C=O) groups is 1. The van der Waals surface area contributed by atoms with Crippen LogP contribution in [0.25, 0.3) is 23.0 Å². The summed E-state index contributed by atoms with van der Waals surface area (Å²) in [6.45, 7) is 3.86. The van der Waals surface area contributed by atoms with Gasteiger partial charge in [-0.2, -0.15) is 10.1 Å². The Morgan fingerprint density at radius 1 is 1.17 bits per heavy atom. The molecule has 1 amide bonds. The van der Waals surface area contributed by atoms with Gasteiger partial charge in [0.15, 0.2) is 17.3 Å². The van der Waals surface area contributed by atoms with Gasteiger partial charge in [-0.15, -0.1) is 0 Å². The van der Waals surface area contributed by atoms with Crippen molar-refractivity contribution in [1.82, 2.24) is 35.8 Å². The van der Waals surface area contributed by atoms with Crippen LogP contribution < -0.4 is 5.32 Å². The van der Waals surface area contributed by atoms with Crippen molar-refractivity contribution >= 4 is 21.8 Å². The summed E-state index contributed by atoms with van der Waals surface area (Å²) >= 11 is 3.38. The van der Waals surface area contributed by atoms with Crippen LogP contribution in [0.2, 0.25) is 0 Å². The van der Waals surface area contributed by atoms with Gasteiger partial charge in [-0.25, -0.2) is 4.98 Å². The molecule has 11 heteroatoms. The van der Waals surface area contributed by atoms with Gasteiger partial charge in [0.2, 0.25) is 11.7 Å². The molecule has 0 spiro atoms. The van der Waals surface area contributed by atoms with Crippen molar-refractivity contribution in [3.8, 4) is 23.0 Å². The monoisotopic (exact) mass is 457 g/mol. The Balaban J connectivity index is 1.52. The summed E-state index contributed by atoms with van der Waals surface area (Å²) < 4.78 is 11.6. The van der Waals surface area contributed by atoms with E-state index in [1.54, 1.807) is 6.07 Å². The molecule has 1 aromatic carbocycles. The molecule has 0 radical (unpaired) electrons. The van der Waals surface area contributed by atoms with Crippen molar-refractivity contribution < 1.29 is 13.8 Å². The zero-order valence-corrected chi connectivity index (χ0v) is 17.0. The van der Waals surface area contributed by atoms with Crippen LogP contribution in [0.3, 0.4) is 0 Å². The van der Waals surface area contributed by atoms with E-state index < -0.39 is 11.9 Å². The maximum atomic E-state index is 12.7. The molecular weight excluding hydrogens is 442 g/mol. The van der Waals surface area contributed by atoms with Crippen molar-refractivity contribution in [1.29, 1.82) is 0 Å². The van der Waals surface area contributed by atoms with E-state index in [4.69, 9.17) is 9.05 Å². The molecule has 4 rings (SSSR count). The summed E-state index contributed by atoms with van der Waals surface area (Å²) in [7, 11) is 0. The molecule has 0 saturated heterocycles. The van der Waals surface area contributed by atoms with Crippen LogP contribution in [-0.4, -0.2) is 36.4 Å². The first-order valence-electron chi connectivity index (χ1n) is 8.74. The molecule has 29 heavy (non-hydrogen) atoms. The van der Waals surface area contributed by atoms with Gasteiger partial charge in [0, 0.05) is 16.1 Å². The first-order chi connectivity index (χ1) is 14.0. The maximum absolute atomic E-state index is 12.7. The van der Waals surface area contributed by atoms with Gasteiger partial charge in [0.05, 0.1) is 0 Å². The Morgan fingerprint density at radius 3 is 2.66 bits per heavy atom. The number of rotatable bonds is 6. The second-order valence-electron chi connectivity index (χ2n) is 6.57. The Kier molecular flexibility index (Phi) is 5.21. The fourth-order valence-corrected chi connectivity index (χ4v) is 2.90. The average Bonchev–Trinajstić information content (AvgIpc) is 3.47. The molecule has 0 unspecified atom stereocenters. The minimum atomic E-state index is -0.514. The first-order valence-corrected chi connectivity index (χ1v) is 9.53. The molecule has 0 aliphatic rings. The molecule has 2 N–H and O–H groups in total. The topological polar surface area (TPSA) is 136 Å². The largest absolute Gasteiger partial charge is 0.355 e. The van der Waals surface area contributed by atoms with Crippen LogP contribution in [-0.2, 0) is 0 Å². The minimum Gasteiger partial charge on any atom is -0.355 e. The summed E-state index contributed by atoms with van der Waals surface area (Å²) in [5.41, 5.74) is 0.970. The predicted molar refractivity (Wildman–Crippen MR) is 104 cm³/mol. The number of nitrogens with zero attached hydrogens (tertiary/aromatic N) is 5. The summed E-state index contributed by atoms with van der Waals surface area (Å²) in [5.74, 6) is 0.974. The predicted octanol–water partition coefficient (Wildman–Crippen LogP) is 3.40. The lowest BCUT2D eigenvalue weighted by molar-refractivity contribution is 0.0904. The van der Waals surface area contributed by atoms with Crippen LogP contribution in [0.5, 0.6) is 0 Å². The average molecular weight is 458 g/mol. The van der Waals surface area contributed by atoms with Crippen molar-refractivity contribution in [2.24, 2.45) is 5.92 Å². The van der Waals surface area contributed by atoms with E-state index >= 15 is 0 Å². The quantitative estimate of drug-likeness (QED) is 0.449. The highest BCUT2D eigenvalue weighted by Crippen LogP contribution is 2.25. The van der Waals surface area contributed by atoms with Crippen molar-refractivity contribution in [2.45, 2.75) is 19.9 Å². The number of aromatic amines is 1. The van der Waals surface area contributed by atoms with Gasteiger partial charge >= 0.3 is 0 Å². The van der Waals surface area contributed by atoms with E-state index in [0.717, 1.165) is 10.0 Å². The van der Waals surface area contributed by atoms with E-state index in [1.165, 1.54) is 6.33 Å². The zero-order valence-electron chi connectivity index (χ0n) is 15.5. The highest BCUT2D eigenvalue weighted by molar-refractivity contribution is 9.10. The first kappa shape index (κ1) is 19.0. The third-order valence-electron chi connectivity index (χ3n) is 4.16. The lowest BCUT2D eigenvalue weighted by Crippen LogP contribution is -2.32. The van der Waals surface area contributed by atoms with Gasteiger partial charge in [0.1, 0.15) is 12.4 Å². The second kappa shape index (κ2) is 7.95. The lowest BCUT2D eigenvalue weighted by Gasteiger charge is -2.17. The molecule has 4 aromatic rings. The highest BCUT2D eigenvalue weighted by Gasteiger charge is 2.27. The van der Waals surface area contributed by atoms with E-state index in [-0.39, 0.29) is 23.3 Å². The number of H-pyrrole nitrogens is 1. The number of carbonyl (C=O) groups excluding carboxylic acids is 1. The van der Waals surface area contributed by atoms with Gasteiger partial charge in [0.25, 0.3) is 5.91 Å². The Hall–Kier alpha value is -3.34. The maximum Gasteiger partial charge on any atom is 0.274 e. The molecule has 148 valence electrons. The van der Waals surface area contributed by atoms with Crippen LogP contribution in [0.15, 0.2) is 50.2 Å². The fraction of sp³-hybridized carbons (Fsp3) is 0.222.